The number of rotatable bonds is 8. The van der Waals surface area contributed by atoms with Crippen LogP contribution in [0.1, 0.15) is 49.9 Å². The molecule has 1 unspecified atom stereocenters. The fourth-order valence-corrected chi connectivity index (χ4v) is 8.86. The molecule has 0 amide bonds. The van der Waals surface area contributed by atoms with E-state index in [9.17, 15) is 4.79 Å². The molecule has 4 nitrogen and oxygen atoms in total. The molecular weight excluding hydrogens is 414 g/mol. The molecule has 168 valence electrons. The van der Waals surface area contributed by atoms with Crippen molar-refractivity contribution >= 4 is 24.7 Å². The predicted molar refractivity (Wildman–Crippen MR) is 133 cm³/mol. The third-order valence-electron chi connectivity index (χ3n) is 6.06. The Morgan fingerprint density at radius 2 is 1.50 bits per heavy atom. The molecule has 3 aromatic rings. The molecule has 1 atom stereocenters. The van der Waals surface area contributed by atoms with Crippen molar-refractivity contribution in [2.75, 3.05) is 0 Å². The number of hydrogen-bond acceptors (Lipinski definition) is 3. The lowest BCUT2D eigenvalue weighted by Gasteiger charge is -2.43. The highest BCUT2D eigenvalue weighted by molar-refractivity contribution is 6.99. The second-order valence-electron chi connectivity index (χ2n) is 9.34. The maximum Gasteiger partial charge on any atom is 0.305 e. The van der Waals surface area contributed by atoms with E-state index in [-0.39, 0.29) is 11.5 Å². The average molecular weight is 448 g/mol. The lowest BCUT2D eigenvalue weighted by Crippen LogP contribution is -2.66. The van der Waals surface area contributed by atoms with Crippen molar-refractivity contribution in [3.8, 4) is 0 Å². The van der Waals surface area contributed by atoms with Gasteiger partial charge in [-0.2, -0.15) is 0 Å². The number of carboxylic acid groups (broad SMARTS) is 1. The molecule has 0 aliphatic rings. The van der Waals surface area contributed by atoms with E-state index in [1.54, 1.807) is 0 Å². The van der Waals surface area contributed by atoms with Crippen molar-refractivity contribution in [2.45, 2.75) is 51.8 Å². The van der Waals surface area contributed by atoms with Crippen LogP contribution in [0.5, 0.6) is 0 Å². The number of aryl methyl sites for hydroxylation is 1. The molecular formula is C27H33NO3Si. The molecule has 3 aromatic carbocycles. The molecule has 0 radical (unpaired) electrons. The lowest BCUT2D eigenvalue weighted by molar-refractivity contribution is -0.137. The molecule has 0 fully saturated rings. The number of hydrogen-bond donors (Lipinski definition) is 2. The van der Waals surface area contributed by atoms with Crippen molar-refractivity contribution in [3.05, 3.63) is 95.6 Å². The van der Waals surface area contributed by atoms with Crippen LogP contribution in [0.15, 0.2) is 78.9 Å². The van der Waals surface area contributed by atoms with Crippen LogP contribution in [-0.2, 0) is 15.8 Å². The molecule has 5 heteroatoms. The summed E-state index contributed by atoms with van der Waals surface area (Å²) < 4.78 is 7.03. The van der Waals surface area contributed by atoms with Crippen LogP contribution in [0.3, 0.4) is 0 Å². The van der Waals surface area contributed by atoms with Gasteiger partial charge in [0.2, 0.25) is 0 Å². The van der Waals surface area contributed by atoms with Gasteiger partial charge >= 0.3 is 5.97 Å². The van der Waals surface area contributed by atoms with Crippen LogP contribution < -0.4 is 16.1 Å². The van der Waals surface area contributed by atoms with Crippen molar-refractivity contribution in [2.24, 2.45) is 5.73 Å². The predicted octanol–water partition coefficient (Wildman–Crippen LogP) is 4.55. The van der Waals surface area contributed by atoms with Gasteiger partial charge < -0.3 is 15.3 Å². The molecule has 3 N–H and O–H groups in total. The number of benzene rings is 3. The first kappa shape index (κ1) is 23.9. The molecule has 0 saturated heterocycles. The van der Waals surface area contributed by atoms with Gasteiger partial charge in [0.15, 0.2) is 0 Å². The zero-order valence-corrected chi connectivity index (χ0v) is 20.3. The number of carbonyl (C=O) groups is 1. The molecule has 0 bridgehead atoms. The third kappa shape index (κ3) is 5.01. The smallest absolute Gasteiger partial charge is 0.305 e. The Kier molecular flexibility index (Phi) is 7.34. The van der Waals surface area contributed by atoms with Gasteiger partial charge in [0.1, 0.15) is 0 Å². The van der Waals surface area contributed by atoms with Gasteiger partial charge in [0.05, 0.1) is 13.0 Å². The molecule has 3 rings (SSSR count). The van der Waals surface area contributed by atoms with Gasteiger partial charge in [-0.15, -0.1) is 0 Å². The number of aliphatic carboxylic acids is 1. The van der Waals surface area contributed by atoms with Crippen molar-refractivity contribution in [1.82, 2.24) is 0 Å². The zero-order valence-electron chi connectivity index (χ0n) is 19.3. The minimum absolute atomic E-state index is 0.0991. The first-order chi connectivity index (χ1) is 15.1. The Hall–Kier alpha value is -2.73. The number of nitrogens with two attached hydrogens (primary N) is 1. The molecule has 0 saturated carbocycles. The topological polar surface area (TPSA) is 72.6 Å². The van der Waals surface area contributed by atoms with Crippen molar-refractivity contribution in [3.63, 3.8) is 0 Å². The summed E-state index contributed by atoms with van der Waals surface area (Å²) in [6.45, 7) is 9.26. The summed E-state index contributed by atoms with van der Waals surface area (Å²) in [7, 11) is -2.65. The van der Waals surface area contributed by atoms with Crippen LogP contribution in [0.25, 0.3) is 0 Å². The standard InChI is InChI=1S/C27H33NO3Si/c1-20-15-16-21(25(28)18-26(29)30)17-22(20)19-31-32(27(2,3)4,23-11-7-5-8-12-23)24-13-9-6-10-14-24/h5-17,25H,18-19,28H2,1-4H3,(H,29,30). The Morgan fingerprint density at radius 3 is 1.97 bits per heavy atom. The molecule has 0 aromatic heterocycles. The first-order valence-electron chi connectivity index (χ1n) is 11.0. The van der Waals surface area contributed by atoms with Crippen LogP contribution in [0, 0.1) is 6.92 Å². The highest BCUT2D eigenvalue weighted by Gasteiger charge is 2.50. The third-order valence-corrected chi connectivity index (χ3v) is 11.0. The van der Waals surface area contributed by atoms with E-state index in [1.165, 1.54) is 10.4 Å². The Morgan fingerprint density at radius 1 is 0.969 bits per heavy atom. The van der Waals surface area contributed by atoms with Crippen LogP contribution in [0.2, 0.25) is 5.04 Å². The molecule has 0 heterocycles. The average Bonchev–Trinajstić information content (AvgIpc) is 2.75. The molecule has 0 aliphatic carbocycles. The summed E-state index contributed by atoms with van der Waals surface area (Å²) in [5.41, 5.74) is 9.10. The van der Waals surface area contributed by atoms with E-state index in [0.29, 0.717) is 6.61 Å². The fraction of sp³-hybridized carbons (Fsp3) is 0.296. The Balaban J connectivity index is 2.05. The normalized spacial score (nSPS) is 13.0. The second kappa shape index (κ2) is 9.82. The second-order valence-corrected chi connectivity index (χ2v) is 13.6. The zero-order chi connectivity index (χ0) is 23.4. The maximum absolute atomic E-state index is 11.1. The van der Waals surface area contributed by atoms with E-state index < -0.39 is 20.3 Å². The van der Waals surface area contributed by atoms with Gasteiger partial charge in [-0.1, -0.05) is 99.6 Å². The largest absolute Gasteiger partial charge is 0.481 e. The van der Waals surface area contributed by atoms with E-state index in [0.717, 1.165) is 16.7 Å². The SMILES string of the molecule is Cc1ccc(C(N)CC(=O)O)cc1CO[Si](c1ccccc1)(c1ccccc1)C(C)(C)C. The monoisotopic (exact) mass is 447 g/mol. The quantitative estimate of drug-likeness (QED) is 0.497. The summed E-state index contributed by atoms with van der Waals surface area (Å²) in [5.74, 6) is -0.900. The van der Waals surface area contributed by atoms with E-state index in [4.69, 9.17) is 15.3 Å². The van der Waals surface area contributed by atoms with Gasteiger partial charge in [0, 0.05) is 6.04 Å². The summed E-state index contributed by atoms with van der Waals surface area (Å²) >= 11 is 0. The van der Waals surface area contributed by atoms with Crippen LogP contribution in [0.4, 0.5) is 0 Å². The van der Waals surface area contributed by atoms with Crippen molar-refractivity contribution < 1.29 is 14.3 Å². The fourth-order valence-electron chi connectivity index (χ4n) is 4.33. The summed E-state index contributed by atoms with van der Waals surface area (Å²) in [6, 6.07) is 26.5. The minimum atomic E-state index is -2.65. The van der Waals surface area contributed by atoms with Crippen LogP contribution in [-0.4, -0.2) is 19.4 Å². The lowest BCUT2D eigenvalue weighted by atomic mass is 9.99. The summed E-state index contributed by atoms with van der Waals surface area (Å²) in [5, 5.41) is 11.5. The van der Waals surface area contributed by atoms with E-state index in [2.05, 4.69) is 76.2 Å². The van der Waals surface area contributed by atoms with Gasteiger partial charge in [0.25, 0.3) is 8.32 Å². The highest BCUT2D eigenvalue weighted by Crippen LogP contribution is 2.37. The van der Waals surface area contributed by atoms with Gasteiger partial charge in [-0.05, 0) is 39.0 Å². The first-order valence-corrected chi connectivity index (χ1v) is 12.9. The summed E-state index contributed by atoms with van der Waals surface area (Å²) in [4.78, 5) is 11.1. The minimum Gasteiger partial charge on any atom is -0.481 e. The Bertz CT molecular complexity index is 1010. The van der Waals surface area contributed by atoms with Crippen molar-refractivity contribution in [1.29, 1.82) is 0 Å². The Labute approximate surface area is 192 Å². The van der Waals surface area contributed by atoms with Gasteiger partial charge in [-0.25, -0.2) is 0 Å². The molecule has 0 spiro atoms. The summed E-state index contributed by atoms with van der Waals surface area (Å²) in [6.07, 6.45) is -0.0991. The highest BCUT2D eigenvalue weighted by atomic mass is 28.4. The number of carboxylic acids is 1. The molecule has 0 aliphatic heterocycles. The van der Waals surface area contributed by atoms with Gasteiger partial charge in [-0.3, -0.25) is 4.79 Å². The van der Waals surface area contributed by atoms with E-state index in [1.807, 2.05) is 30.3 Å². The van der Waals surface area contributed by atoms with Crippen LogP contribution >= 0.6 is 0 Å². The van der Waals surface area contributed by atoms with E-state index >= 15 is 0 Å². The molecule has 32 heavy (non-hydrogen) atoms. The maximum atomic E-state index is 11.1.